The van der Waals surface area contributed by atoms with Crippen molar-refractivity contribution < 1.29 is 4.74 Å². The van der Waals surface area contributed by atoms with Gasteiger partial charge >= 0.3 is 0 Å². The molecule has 2 rings (SSSR count). The van der Waals surface area contributed by atoms with E-state index in [2.05, 4.69) is 37.4 Å². The molecule has 1 saturated carbocycles. The summed E-state index contributed by atoms with van der Waals surface area (Å²) in [6.07, 6.45) is 11.4. The van der Waals surface area contributed by atoms with Gasteiger partial charge in [0.15, 0.2) is 0 Å². The van der Waals surface area contributed by atoms with Crippen molar-refractivity contribution in [2.24, 2.45) is 11.8 Å². The van der Waals surface area contributed by atoms with Gasteiger partial charge in [-0.3, -0.25) is 0 Å². The Hall–Kier alpha value is -1.44. The third kappa shape index (κ3) is 5.60. The smallest absolute Gasteiger partial charge is 0.118 e. The molecule has 0 aromatic heterocycles. The zero-order valence-corrected chi connectivity index (χ0v) is 15.1. The normalized spacial score (nSPS) is 22.0. The van der Waals surface area contributed by atoms with Crippen LogP contribution in [0.25, 0.3) is 0 Å². The fraction of sp³-hybridized carbons (Fsp3) is 0.619. The number of nitrogens with one attached hydrogen (secondary N) is 1. The van der Waals surface area contributed by atoms with E-state index in [0.717, 1.165) is 37.0 Å². The van der Waals surface area contributed by atoms with Crippen LogP contribution in [0.1, 0.15) is 57.9 Å². The molecule has 0 heterocycles. The molecule has 1 aromatic carbocycles. The fourth-order valence-corrected chi connectivity index (χ4v) is 3.77. The predicted octanol–water partition coefficient (Wildman–Crippen LogP) is 5.34. The molecule has 0 amide bonds. The Bertz CT molecular complexity index is 477. The Balaban J connectivity index is 1.91. The van der Waals surface area contributed by atoms with Gasteiger partial charge in [-0.25, -0.2) is 0 Å². The van der Waals surface area contributed by atoms with Crippen LogP contribution < -0.4 is 10.1 Å². The van der Waals surface area contributed by atoms with Gasteiger partial charge in [0.1, 0.15) is 5.75 Å². The van der Waals surface area contributed by atoms with E-state index in [1.807, 2.05) is 12.1 Å². The lowest BCUT2D eigenvalue weighted by atomic mass is 9.78. The molecule has 1 aliphatic rings. The average Bonchev–Trinajstić information content (AvgIpc) is 2.60. The van der Waals surface area contributed by atoms with Crippen molar-refractivity contribution in [1.29, 1.82) is 0 Å². The first-order valence-electron chi connectivity index (χ1n) is 9.32. The number of hydrogen-bond donors (Lipinski definition) is 1. The standard InChI is InChI=1S/C21H33NO/c1-4-8-20(15-17-11-13-21(23-3)14-12-17)22-16-19-10-7-6-9-18(19)5-2/h8,11-14,18-19,22H,4-7,9-10,15-16H2,1-3H3/b20-8+. The molecule has 2 unspecified atom stereocenters. The predicted molar refractivity (Wildman–Crippen MR) is 98.8 cm³/mol. The van der Waals surface area contributed by atoms with Gasteiger partial charge in [-0.15, -0.1) is 0 Å². The number of benzene rings is 1. The van der Waals surface area contributed by atoms with Gasteiger partial charge in [-0.05, 0) is 42.4 Å². The molecule has 0 bridgehead atoms. The molecular formula is C21H33NO. The van der Waals surface area contributed by atoms with Gasteiger partial charge in [-0.1, -0.05) is 57.7 Å². The maximum atomic E-state index is 5.24. The van der Waals surface area contributed by atoms with E-state index in [-0.39, 0.29) is 0 Å². The molecule has 2 nitrogen and oxygen atoms in total. The van der Waals surface area contributed by atoms with E-state index in [9.17, 15) is 0 Å². The second-order valence-electron chi connectivity index (χ2n) is 6.76. The molecule has 0 radical (unpaired) electrons. The van der Waals surface area contributed by atoms with Gasteiger partial charge in [-0.2, -0.15) is 0 Å². The van der Waals surface area contributed by atoms with Gasteiger partial charge in [0.05, 0.1) is 7.11 Å². The highest BCUT2D eigenvalue weighted by Crippen LogP contribution is 2.31. The van der Waals surface area contributed by atoms with Crippen molar-refractivity contribution in [3.8, 4) is 5.75 Å². The molecular weight excluding hydrogens is 282 g/mol. The maximum absolute atomic E-state index is 5.24. The number of rotatable bonds is 8. The summed E-state index contributed by atoms with van der Waals surface area (Å²) in [5.74, 6) is 2.70. The zero-order chi connectivity index (χ0) is 16.5. The highest BCUT2D eigenvalue weighted by Gasteiger charge is 2.23. The third-order valence-electron chi connectivity index (χ3n) is 5.19. The second kappa shape index (κ2) is 9.64. The molecule has 2 atom stereocenters. The quantitative estimate of drug-likeness (QED) is 0.699. The first-order chi connectivity index (χ1) is 11.3. The number of hydrogen-bond acceptors (Lipinski definition) is 2. The molecule has 0 aliphatic heterocycles. The van der Waals surface area contributed by atoms with Gasteiger partial charge in [0.25, 0.3) is 0 Å². The minimum absolute atomic E-state index is 0.852. The lowest BCUT2D eigenvalue weighted by Gasteiger charge is -2.31. The van der Waals surface area contributed by atoms with Crippen LogP contribution in [0.15, 0.2) is 36.0 Å². The summed E-state index contributed by atoms with van der Waals surface area (Å²) in [5.41, 5.74) is 2.71. The Morgan fingerprint density at radius 2 is 1.83 bits per heavy atom. The lowest BCUT2D eigenvalue weighted by Crippen LogP contribution is -2.30. The largest absolute Gasteiger partial charge is 0.497 e. The average molecular weight is 316 g/mol. The van der Waals surface area contributed by atoms with Crippen LogP contribution in [0.3, 0.4) is 0 Å². The van der Waals surface area contributed by atoms with Crippen LogP contribution in [0.5, 0.6) is 5.75 Å². The summed E-state index contributed by atoms with van der Waals surface area (Å²) in [6, 6.07) is 8.43. The minimum atomic E-state index is 0.852. The van der Waals surface area contributed by atoms with Crippen molar-refractivity contribution in [3.05, 3.63) is 41.6 Å². The Morgan fingerprint density at radius 1 is 1.13 bits per heavy atom. The van der Waals surface area contributed by atoms with Crippen molar-refractivity contribution in [3.63, 3.8) is 0 Å². The van der Waals surface area contributed by atoms with Crippen LogP contribution in [-0.4, -0.2) is 13.7 Å². The molecule has 1 fully saturated rings. The lowest BCUT2D eigenvalue weighted by molar-refractivity contribution is 0.227. The molecule has 0 saturated heterocycles. The summed E-state index contributed by atoms with van der Waals surface area (Å²) in [7, 11) is 1.72. The van der Waals surface area contributed by atoms with Crippen molar-refractivity contribution >= 4 is 0 Å². The highest BCUT2D eigenvalue weighted by molar-refractivity contribution is 5.29. The van der Waals surface area contributed by atoms with Crippen LogP contribution >= 0.6 is 0 Å². The maximum Gasteiger partial charge on any atom is 0.118 e. The summed E-state index contributed by atoms with van der Waals surface area (Å²) >= 11 is 0. The van der Waals surface area contributed by atoms with E-state index < -0.39 is 0 Å². The van der Waals surface area contributed by atoms with Gasteiger partial charge < -0.3 is 10.1 Å². The van der Waals surface area contributed by atoms with Crippen LogP contribution in [0.2, 0.25) is 0 Å². The van der Waals surface area contributed by atoms with Crippen molar-refractivity contribution in [2.75, 3.05) is 13.7 Å². The van der Waals surface area contributed by atoms with Crippen molar-refractivity contribution in [1.82, 2.24) is 5.32 Å². The Labute approximate surface area is 142 Å². The fourth-order valence-electron chi connectivity index (χ4n) is 3.77. The molecule has 128 valence electrons. The van der Waals surface area contributed by atoms with Gasteiger partial charge in [0, 0.05) is 18.7 Å². The van der Waals surface area contributed by atoms with Crippen molar-refractivity contribution in [2.45, 2.75) is 58.8 Å². The van der Waals surface area contributed by atoms with E-state index in [0.29, 0.717) is 0 Å². The molecule has 1 N–H and O–H groups in total. The first-order valence-corrected chi connectivity index (χ1v) is 9.32. The van der Waals surface area contributed by atoms with E-state index >= 15 is 0 Å². The van der Waals surface area contributed by atoms with Crippen LogP contribution in [0, 0.1) is 11.8 Å². The number of ether oxygens (including phenoxy) is 1. The molecule has 1 aromatic rings. The Morgan fingerprint density at radius 3 is 2.43 bits per heavy atom. The monoisotopic (exact) mass is 315 g/mol. The Kier molecular flexibility index (Phi) is 7.51. The first kappa shape index (κ1) is 17.9. The number of methoxy groups -OCH3 is 1. The highest BCUT2D eigenvalue weighted by atomic mass is 16.5. The summed E-state index contributed by atoms with van der Waals surface area (Å²) in [4.78, 5) is 0. The molecule has 1 aliphatic carbocycles. The second-order valence-corrected chi connectivity index (χ2v) is 6.76. The minimum Gasteiger partial charge on any atom is -0.497 e. The third-order valence-corrected chi connectivity index (χ3v) is 5.19. The summed E-state index contributed by atoms with van der Waals surface area (Å²) in [5, 5.41) is 3.76. The van der Waals surface area contributed by atoms with Crippen LogP contribution in [0.4, 0.5) is 0 Å². The number of allylic oxidation sites excluding steroid dienone is 2. The summed E-state index contributed by atoms with van der Waals surface area (Å²) < 4.78 is 5.24. The topological polar surface area (TPSA) is 21.3 Å². The summed E-state index contributed by atoms with van der Waals surface area (Å²) in [6.45, 7) is 5.70. The van der Waals surface area contributed by atoms with Gasteiger partial charge in [0.2, 0.25) is 0 Å². The van der Waals surface area contributed by atoms with E-state index in [4.69, 9.17) is 4.74 Å². The van der Waals surface area contributed by atoms with E-state index in [1.165, 1.54) is 43.4 Å². The molecule has 23 heavy (non-hydrogen) atoms. The molecule has 0 spiro atoms. The van der Waals surface area contributed by atoms with Crippen LogP contribution in [-0.2, 0) is 6.42 Å². The van der Waals surface area contributed by atoms with E-state index in [1.54, 1.807) is 7.11 Å². The zero-order valence-electron chi connectivity index (χ0n) is 15.1. The molecule has 2 heteroatoms. The SMILES string of the molecule is CC/C=C(\Cc1ccc(OC)cc1)NCC1CCCCC1CC.